The van der Waals surface area contributed by atoms with Gasteiger partial charge in [-0.25, -0.2) is 4.39 Å². The van der Waals surface area contributed by atoms with Crippen molar-refractivity contribution in [3.63, 3.8) is 0 Å². The van der Waals surface area contributed by atoms with E-state index in [0.29, 0.717) is 16.9 Å². The van der Waals surface area contributed by atoms with E-state index >= 15 is 0 Å². The molecule has 0 atom stereocenters. The summed E-state index contributed by atoms with van der Waals surface area (Å²) in [6, 6.07) is 19.9. The highest BCUT2D eigenvalue weighted by Gasteiger charge is 2.08. The van der Waals surface area contributed by atoms with Gasteiger partial charge in [0.2, 0.25) is 5.91 Å². The van der Waals surface area contributed by atoms with E-state index in [4.69, 9.17) is 12.2 Å². The largest absolute Gasteiger partial charge is 0.332 e. The topological polar surface area (TPSA) is 70.2 Å². The molecule has 0 aliphatic carbocycles. The number of rotatable bonds is 5. The van der Waals surface area contributed by atoms with Gasteiger partial charge < -0.3 is 10.6 Å². The molecule has 0 saturated heterocycles. The summed E-state index contributed by atoms with van der Waals surface area (Å²) < 4.78 is 13.0. The summed E-state index contributed by atoms with van der Waals surface area (Å²) >= 11 is 5.17. The normalized spacial score (nSPS) is 10.5. The van der Waals surface area contributed by atoms with Gasteiger partial charge in [0.05, 0.1) is 0 Å². The summed E-state index contributed by atoms with van der Waals surface area (Å²) in [4.78, 5) is 24.5. The van der Waals surface area contributed by atoms with Gasteiger partial charge in [-0.2, -0.15) is 0 Å². The highest BCUT2D eigenvalue weighted by molar-refractivity contribution is 7.80. The Morgan fingerprint density at radius 3 is 2.32 bits per heavy atom. The van der Waals surface area contributed by atoms with Crippen LogP contribution < -0.4 is 16.0 Å². The van der Waals surface area contributed by atoms with Gasteiger partial charge in [-0.1, -0.05) is 35.9 Å². The number of aryl methyl sites for hydroxylation is 1. The van der Waals surface area contributed by atoms with Crippen molar-refractivity contribution >= 4 is 46.6 Å². The average molecular weight is 434 g/mol. The van der Waals surface area contributed by atoms with Crippen LogP contribution in [-0.2, 0) is 4.79 Å². The zero-order chi connectivity index (χ0) is 22.2. The number of anilines is 2. The Labute approximate surface area is 185 Å². The molecule has 156 valence electrons. The van der Waals surface area contributed by atoms with Crippen molar-refractivity contribution in [2.45, 2.75) is 6.92 Å². The third-order valence-corrected chi connectivity index (χ3v) is 4.43. The van der Waals surface area contributed by atoms with Crippen molar-refractivity contribution in [2.75, 3.05) is 10.6 Å². The minimum absolute atomic E-state index is 0.106. The fourth-order valence-electron chi connectivity index (χ4n) is 2.64. The lowest BCUT2D eigenvalue weighted by atomic mass is 10.1. The van der Waals surface area contributed by atoms with Crippen molar-refractivity contribution in [3.05, 3.63) is 101 Å². The molecule has 31 heavy (non-hydrogen) atoms. The van der Waals surface area contributed by atoms with Crippen LogP contribution in [0.4, 0.5) is 15.8 Å². The molecule has 3 aromatic rings. The molecule has 3 N–H and O–H groups in total. The Hall–Kier alpha value is -3.84. The number of amides is 2. The standard InChI is InChI=1S/C24H20FN3O2S/c1-16-5-7-17(8-6-16)9-14-22(29)28-24(31)27-21-4-2-3-18(15-21)23(30)26-20-12-10-19(25)11-13-20/h2-15H,1H3,(H,26,30)(H2,27,28,29,31)/b14-9+. The van der Waals surface area contributed by atoms with Gasteiger partial charge in [0.1, 0.15) is 5.82 Å². The molecule has 7 heteroatoms. The summed E-state index contributed by atoms with van der Waals surface area (Å²) in [5.41, 5.74) is 3.44. The maximum Gasteiger partial charge on any atom is 0.255 e. The summed E-state index contributed by atoms with van der Waals surface area (Å²) in [5.74, 6) is -1.11. The third kappa shape index (κ3) is 6.87. The van der Waals surface area contributed by atoms with Crippen LogP contribution in [0.25, 0.3) is 6.08 Å². The lowest BCUT2D eigenvalue weighted by Gasteiger charge is -2.10. The van der Waals surface area contributed by atoms with E-state index in [2.05, 4.69) is 16.0 Å². The molecule has 0 aromatic heterocycles. The number of thiocarbonyl (C=S) groups is 1. The van der Waals surface area contributed by atoms with E-state index < -0.39 is 0 Å². The van der Waals surface area contributed by atoms with E-state index in [1.807, 2.05) is 31.2 Å². The number of carbonyl (C=O) groups is 2. The van der Waals surface area contributed by atoms with Crippen molar-refractivity contribution in [2.24, 2.45) is 0 Å². The van der Waals surface area contributed by atoms with E-state index in [1.54, 1.807) is 30.3 Å². The molecular formula is C24H20FN3O2S. The molecule has 0 aliphatic heterocycles. The van der Waals surface area contributed by atoms with Crippen LogP contribution in [0.2, 0.25) is 0 Å². The second-order valence-electron chi connectivity index (χ2n) is 6.73. The predicted octanol–water partition coefficient (Wildman–Crippen LogP) is 4.91. The van der Waals surface area contributed by atoms with Gasteiger partial charge in [-0.15, -0.1) is 0 Å². The summed E-state index contributed by atoms with van der Waals surface area (Å²) in [6.45, 7) is 1.99. The Bertz CT molecular complexity index is 1130. The quantitative estimate of drug-likeness (QED) is 0.395. The minimum atomic E-state index is -0.381. The molecule has 0 saturated carbocycles. The second-order valence-corrected chi connectivity index (χ2v) is 7.14. The Morgan fingerprint density at radius 2 is 1.61 bits per heavy atom. The van der Waals surface area contributed by atoms with Crippen LogP contribution in [0, 0.1) is 12.7 Å². The molecule has 0 radical (unpaired) electrons. The molecule has 2 amide bonds. The fourth-order valence-corrected chi connectivity index (χ4v) is 2.86. The molecule has 5 nitrogen and oxygen atoms in total. The zero-order valence-electron chi connectivity index (χ0n) is 16.7. The maximum atomic E-state index is 13.0. The van der Waals surface area contributed by atoms with E-state index in [1.165, 1.54) is 30.3 Å². The number of hydrogen-bond donors (Lipinski definition) is 3. The molecule has 0 bridgehead atoms. The first-order chi connectivity index (χ1) is 14.9. The Morgan fingerprint density at radius 1 is 0.903 bits per heavy atom. The number of nitrogens with one attached hydrogen (secondary N) is 3. The van der Waals surface area contributed by atoms with E-state index in [0.717, 1.165) is 11.1 Å². The second kappa shape index (κ2) is 10.3. The predicted molar refractivity (Wildman–Crippen MR) is 125 cm³/mol. The van der Waals surface area contributed by atoms with Crippen LogP contribution in [-0.4, -0.2) is 16.9 Å². The van der Waals surface area contributed by atoms with E-state index in [9.17, 15) is 14.0 Å². The van der Waals surface area contributed by atoms with Crippen LogP contribution in [0.5, 0.6) is 0 Å². The number of benzene rings is 3. The molecule has 3 aromatic carbocycles. The molecule has 3 rings (SSSR count). The molecule has 0 fully saturated rings. The van der Waals surface area contributed by atoms with E-state index in [-0.39, 0.29) is 22.7 Å². The SMILES string of the molecule is Cc1ccc(/C=C/C(=O)NC(=S)Nc2cccc(C(=O)Nc3ccc(F)cc3)c2)cc1. The first kappa shape index (κ1) is 21.9. The van der Waals surface area contributed by atoms with Crippen molar-refractivity contribution in [1.29, 1.82) is 0 Å². The highest BCUT2D eigenvalue weighted by atomic mass is 32.1. The monoisotopic (exact) mass is 433 g/mol. The van der Waals surface area contributed by atoms with Crippen LogP contribution in [0.1, 0.15) is 21.5 Å². The number of halogens is 1. The number of carbonyl (C=O) groups excluding carboxylic acids is 2. The minimum Gasteiger partial charge on any atom is -0.332 e. The van der Waals surface area contributed by atoms with Crippen molar-refractivity contribution in [3.8, 4) is 0 Å². The van der Waals surface area contributed by atoms with Gasteiger partial charge in [-0.05, 0) is 73.2 Å². The van der Waals surface area contributed by atoms with Crippen LogP contribution in [0.3, 0.4) is 0 Å². The lowest BCUT2D eigenvalue weighted by Crippen LogP contribution is -2.32. The number of hydrogen-bond acceptors (Lipinski definition) is 3. The average Bonchev–Trinajstić information content (AvgIpc) is 2.75. The van der Waals surface area contributed by atoms with Gasteiger partial charge in [0.15, 0.2) is 5.11 Å². The fraction of sp³-hybridized carbons (Fsp3) is 0.0417. The van der Waals surface area contributed by atoms with Gasteiger partial charge in [-0.3, -0.25) is 14.9 Å². The first-order valence-corrected chi connectivity index (χ1v) is 9.83. The van der Waals surface area contributed by atoms with Crippen LogP contribution in [0.15, 0.2) is 78.9 Å². The molecule has 0 spiro atoms. The van der Waals surface area contributed by atoms with Crippen LogP contribution >= 0.6 is 12.2 Å². The van der Waals surface area contributed by atoms with Crippen molar-refractivity contribution < 1.29 is 14.0 Å². The first-order valence-electron chi connectivity index (χ1n) is 9.43. The van der Waals surface area contributed by atoms with Crippen molar-refractivity contribution in [1.82, 2.24) is 5.32 Å². The molecular weight excluding hydrogens is 413 g/mol. The Kier molecular flexibility index (Phi) is 7.24. The zero-order valence-corrected chi connectivity index (χ0v) is 17.5. The highest BCUT2D eigenvalue weighted by Crippen LogP contribution is 2.14. The molecule has 0 unspecified atom stereocenters. The lowest BCUT2D eigenvalue weighted by molar-refractivity contribution is -0.115. The van der Waals surface area contributed by atoms with Gasteiger partial charge in [0.25, 0.3) is 5.91 Å². The smallest absolute Gasteiger partial charge is 0.255 e. The molecule has 0 heterocycles. The summed E-state index contributed by atoms with van der Waals surface area (Å²) in [5, 5.41) is 8.24. The Balaban J connectivity index is 1.56. The third-order valence-electron chi connectivity index (χ3n) is 4.23. The molecule has 0 aliphatic rings. The summed E-state index contributed by atoms with van der Waals surface area (Å²) in [6.07, 6.45) is 3.09. The van der Waals surface area contributed by atoms with Gasteiger partial charge in [0, 0.05) is 23.0 Å². The maximum absolute atomic E-state index is 13.0. The summed E-state index contributed by atoms with van der Waals surface area (Å²) in [7, 11) is 0. The van der Waals surface area contributed by atoms with Gasteiger partial charge >= 0.3 is 0 Å².